The van der Waals surface area contributed by atoms with Gasteiger partial charge in [-0.2, -0.15) is 38.7 Å². The number of nitrogens with zero attached hydrogens (tertiary/aromatic N) is 8. The fourth-order valence-electron chi connectivity index (χ4n) is 5.21. The Morgan fingerprint density at radius 3 is 1.61 bits per heavy atom. The van der Waals surface area contributed by atoms with Crippen LogP contribution >= 0.6 is 11.7 Å². The third kappa shape index (κ3) is 9.48. The van der Waals surface area contributed by atoms with E-state index in [1.54, 1.807) is 0 Å². The molecule has 272 valence electrons. The Hall–Kier alpha value is -6.94. The molecule has 0 saturated heterocycles. The molecule has 0 radical (unpaired) electrons. The van der Waals surface area contributed by atoms with Crippen LogP contribution in [0.1, 0.15) is 27.7 Å². The normalized spacial score (nSPS) is 10.9. The highest BCUT2D eigenvalue weighted by molar-refractivity contribution is 7.00. The third-order valence-corrected chi connectivity index (χ3v) is 8.05. The maximum atomic E-state index is 4.51. The summed E-state index contributed by atoms with van der Waals surface area (Å²) < 4.78 is 8.61. The number of para-hydroxylation sites is 2. The summed E-state index contributed by atoms with van der Waals surface area (Å²) in [6.07, 6.45) is 1.92. The maximum Gasteiger partial charge on any atom is 0.233 e. The molecule has 4 aromatic carbocycles. The van der Waals surface area contributed by atoms with E-state index in [-0.39, 0.29) is 12.1 Å². The number of fused-ring (bicyclic) bond motifs is 2. The summed E-state index contributed by atoms with van der Waals surface area (Å²) in [4.78, 5) is 30.1. The first-order valence-corrected chi connectivity index (χ1v) is 18.1. The minimum Gasteiger partial charge on any atom is -0.361 e. The molecule has 16 heteroatoms. The molecular weight excluding hydrogens is 699 g/mol. The van der Waals surface area contributed by atoms with Gasteiger partial charge < -0.3 is 36.9 Å². The molecule has 0 spiro atoms. The highest BCUT2D eigenvalue weighted by atomic mass is 32.1. The number of rotatable bonds is 12. The molecule has 0 saturated carbocycles. The van der Waals surface area contributed by atoms with E-state index in [1.807, 2.05) is 131 Å². The zero-order chi connectivity index (χ0) is 37.3. The molecule has 0 unspecified atom stereocenters. The van der Waals surface area contributed by atoms with E-state index in [2.05, 4.69) is 81.6 Å². The Labute approximate surface area is 315 Å². The van der Waals surface area contributed by atoms with Gasteiger partial charge in [0.25, 0.3) is 0 Å². The van der Waals surface area contributed by atoms with Gasteiger partial charge in [-0.3, -0.25) is 0 Å². The zero-order valence-electron chi connectivity index (χ0n) is 30.0. The fourth-order valence-corrected chi connectivity index (χ4v) is 5.76. The van der Waals surface area contributed by atoms with Crippen LogP contribution in [0, 0.1) is 0 Å². The quantitative estimate of drug-likeness (QED) is 0.0629. The van der Waals surface area contributed by atoms with Crippen LogP contribution in [0.15, 0.2) is 109 Å². The van der Waals surface area contributed by atoms with Crippen molar-refractivity contribution in [3.63, 3.8) is 0 Å². The van der Waals surface area contributed by atoms with E-state index in [4.69, 9.17) is 0 Å². The number of hydrogen-bond acceptors (Lipinski definition) is 15. The number of aromatic amines is 1. The van der Waals surface area contributed by atoms with E-state index in [0.29, 0.717) is 35.7 Å². The Bertz CT molecular complexity index is 2430. The first-order valence-electron chi connectivity index (χ1n) is 17.3. The summed E-state index contributed by atoms with van der Waals surface area (Å²) in [6.45, 7) is 8.15. The molecule has 0 amide bonds. The van der Waals surface area contributed by atoms with Gasteiger partial charge >= 0.3 is 0 Å². The summed E-state index contributed by atoms with van der Waals surface area (Å²) >= 11 is 1.18. The molecule has 0 aliphatic heterocycles. The fraction of sp³-hybridized carbons (Fsp3) is 0.158. The number of benzene rings is 4. The van der Waals surface area contributed by atoms with Crippen molar-refractivity contribution in [1.82, 2.24) is 43.6 Å². The van der Waals surface area contributed by atoms with Crippen LogP contribution in [-0.2, 0) is 0 Å². The minimum absolute atomic E-state index is 0.191. The minimum atomic E-state index is 0.191. The van der Waals surface area contributed by atoms with E-state index < -0.39 is 0 Å². The predicted molar refractivity (Wildman–Crippen MR) is 219 cm³/mol. The molecule has 7 N–H and O–H groups in total. The van der Waals surface area contributed by atoms with Crippen LogP contribution in [0.2, 0.25) is 0 Å². The van der Waals surface area contributed by atoms with Gasteiger partial charge in [0.15, 0.2) is 0 Å². The maximum absolute atomic E-state index is 4.51. The Kier molecular flexibility index (Phi) is 10.9. The molecule has 0 fully saturated rings. The number of hydrogen-bond donors (Lipinski definition) is 7. The van der Waals surface area contributed by atoms with Gasteiger partial charge in [-0.15, -0.1) is 0 Å². The summed E-state index contributed by atoms with van der Waals surface area (Å²) in [6, 6.07) is 33.8. The van der Waals surface area contributed by atoms with Crippen molar-refractivity contribution in [3.8, 4) is 0 Å². The van der Waals surface area contributed by atoms with Crippen LogP contribution in [0.4, 0.5) is 58.4 Å². The average molecular weight is 738 g/mol. The highest BCUT2D eigenvalue weighted by Crippen LogP contribution is 2.26. The number of anilines is 10. The molecule has 0 aliphatic rings. The molecule has 54 heavy (non-hydrogen) atoms. The van der Waals surface area contributed by atoms with Gasteiger partial charge in [-0.05, 0) is 88.4 Å². The second-order valence-corrected chi connectivity index (χ2v) is 13.2. The van der Waals surface area contributed by atoms with Crippen molar-refractivity contribution in [3.05, 3.63) is 109 Å². The van der Waals surface area contributed by atoms with Gasteiger partial charge in [0.05, 0.1) is 17.4 Å². The lowest BCUT2D eigenvalue weighted by molar-refractivity contribution is 0.869. The van der Waals surface area contributed by atoms with Crippen LogP contribution in [0.25, 0.3) is 21.9 Å². The summed E-state index contributed by atoms with van der Waals surface area (Å²) in [5.74, 6) is 2.83. The van der Waals surface area contributed by atoms with Crippen molar-refractivity contribution < 1.29 is 0 Å². The predicted octanol–water partition coefficient (Wildman–Crippen LogP) is 8.84. The number of nitrogens with one attached hydrogen (secondary N) is 7. The monoisotopic (exact) mass is 737 g/mol. The standard InChI is InChI=1S/C20H21N7.C18H18N8S/c1-13(2)22-18-25-19(23-15-6-4-3-5-7-15)27-20(26-18)24-16-8-9-17-14(12-16)10-11-21-17;1-11(2)19-16-22-17(20-12-7-4-3-5-8-12)24-18(23-16)21-13-9-6-10-14-15(13)26-27-25-14/h3-13,21H,1-2H3,(H3,22,23,24,25,26,27);3-11H,1-2H3,(H3,19,20,21,22,23,24). The summed E-state index contributed by atoms with van der Waals surface area (Å²) in [7, 11) is 0. The lowest BCUT2D eigenvalue weighted by atomic mass is 10.2. The average Bonchev–Trinajstić information content (AvgIpc) is 3.83. The van der Waals surface area contributed by atoms with Crippen molar-refractivity contribution in [2.45, 2.75) is 39.8 Å². The number of aromatic nitrogens is 9. The van der Waals surface area contributed by atoms with Gasteiger partial charge in [-0.25, -0.2) is 0 Å². The van der Waals surface area contributed by atoms with E-state index in [0.717, 1.165) is 44.7 Å². The highest BCUT2D eigenvalue weighted by Gasteiger charge is 2.12. The Morgan fingerprint density at radius 1 is 0.500 bits per heavy atom. The van der Waals surface area contributed by atoms with Gasteiger partial charge in [0, 0.05) is 46.2 Å². The van der Waals surface area contributed by atoms with Crippen LogP contribution in [-0.4, -0.2) is 55.7 Å². The van der Waals surface area contributed by atoms with Crippen molar-refractivity contribution >= 4 is 92.1 Å². The second-order valence-electron chi connectivity index (χ2n) is 12.7. The van der Waals surface area contributed by atoms with E-state index >= 15 is 0 Å². The number of H-pyrrole nitrogens is 1. The molecule has 4 heterocycles. The molecule has 15 nitrogen and oxygen atoms in total. The Morgan fingerprint density at radius 2 is 1.04 bits per heavy atom. The second kappa shape index (κ2) is 16.6. The van der Waals surface area contributed by atoms with Crippen molar-refractivity contribution in [2.24, 2.45) is 0 Å². The first kappa shape index (κ1) is 35.5. The molecule has 0 bridgehead atoms. The SMILES string of the molecule is CC(C)Nc1nc(Nc2ccccc2)nc(Nc2ccc3[nH]ccc3c2)n1.CC(C)Nc1nc(Nc2ccccc2)nc(Nc2cccc3nsnc23)n1. The Balaban J connectivity index is 0.000000167. The topological polar surface area (TPSA) is 191 Å². The molecule has 4 aromatic heterocycles. The van der Waals surface area contributed by atoms with Gasteiger partial charge in [0.1, 0.15) is 11.0 Å². The van der Waals surface area contributed by atoms with Gasteiger partial charge in [-0.1, -0.05) is 42.5 Å². The third-order valence-electron chi connectivity index (χ3n) is 7.51. The molecular formula is C38H39N15S. The molecule has 0 atom stereocenters. The van der Waals surface area contributed by atoms with Gasteiger partial charge in [0.2, 0.25) is 35.7 Å². The van der Waals surface area contributed by atoms with Crippen LogP contribution < -0.4 is 31.9 Å². The lowest BCUT2D eigenvalue weighted by Gasteiger charge is -2.13. The summed E-state index contributed by atoms with van der Waals surface area (Å²) in [5.41, 5.74) is 6.24. The zero-order valence-corrected chi connectivity index (χ0v) is 30.8. The molecule has 8 aromatic rings. The summed E-state index contributed by atoms with van der Waals surface area (Å²) in [5, 5.41) is 20.5. The van der Waals surface area contributed by atoms with Crippen LogP contribution in [0.5, 0.6) is 0 Å². The van der Waals surface area contributed by atoms with Crippen molar-refractivity contribution in [2.75, 3.05) is 31.9 Å². The molecule has 8 rings (SSSR count). The van der Waals surface area contributed by atoms with Crippen LogP contribution in [0.3, 0.4) is 0 Å². The lowest BCUT2D eigenvalue weighted by Crippen LogP contribution is -2.15. The van der Waals surface area contributed by atoms with E-state index in [9.17, 15) is 0 Å². The smallest absolute Gasteiger partial charge is 0.233 e. The largest absolute Gasteiger partial charge is 0.361 e. The van der Waals surface area contributed by atoms with E-state index in [1.165, 1.54) is 11.7 Å². The van der Waals surface area contributed by atoms with Crippen molar-refractivity contribution in [1.29, 1.82) is 0 Å². The first-order chi connectivity index (χ1) is 26.3. The molecule has 0 aliphatic carbocycles.